The van der Waals surface area contributed by atoms with Crippen LogP contribution >= 0.6 is 0 Å². The van der Waals surface area contributed by atoms with Gasteiger partial charge in [-0.3, -0.25) is 0 Å². The minimum Gasteiger partial charge on any atom is -0.311 e. The van der Waals surface area contributed by atoms with Gasteiger partial charge in [0.15, 0.2) is 0 Å². The zero-order valence-electron chi connectivity index (χ0n) is 14.2. The summed E-state index contributed by atoms with van der Waals surface area (Å²) in [5.41, 5.74) is 5.12. The number of nitrogens with zero attached hydrogens (tertiary/aromatic N) is 1. The van der Waals surface area contributed by atoms with Crippen LogP contribution in [0.3, 0.4) is 0 Å². The van der Waals surface area contributed by atoms with Gasteiger partial charge in [-0.15, -0.1) is 0 Å². The number of hydrogen-bond acceptors (Lipinski definition) is 1. The summed E-state index contributed by atoms with van der Waals surface area (Å²) < 4.78 is 13.5. The second-order valence-corrected chi connectivity index (χ2v) is 6.06. The second kappa shape index (κ2) is 7.24. The van der Waals surface area contributed by atoms with Gasteiger partial charge in [-0.2, -0.15) is 0 Å². The fourth-order valence-electron chi connectivity index (χ4n) is 3.07. The van der Waals surface area contributed by atoms with E-state index >= 15 is 0 Å². The van der Waals surface area contributed by atoms with Crippen molar-refractivity contribution in [3.8, 4) is 11.1 Å². The molecule has 0 aliphatic carbocycles. The Morgan fingerprint density at radius 1 is 0.462 bits per heavy atom. The van der Waals surface area contributed by atoms with Crippen molar-refractivity contribution in [3.05, 3.63) is 115 Å². The minimum atomic E-state index is -0.221. The molecule has 0 N–H and O–H groups in total. The zero-order valence-corrected chi connectivity index (χ0v) is 14.2. The molecular formula is C24H18FN. The van der Waals surface area contributed by atoms with Crippen LogP contribution in [-0.2, 0) is 0 Å². The Balaban J connectivity index is 1.75. The summed E-state index contributed by atoms with van der Waals surface area (Å²) in [6.45, 7) is 0. The Morgan fingerprint density at radius 3 is 1.54 bits per heavy atom. The van der Waals surface area contributed by atoms with Crippen molar-refractivity contribution in [2.24, 2.45) is 0 Å². The van der Waals surface area contributed by atoms with Crippen molar-refractivity contribution < 1.29 is 4.39 Å². The molecule has 0 saturated heterocycles. The number of halogens is 1. The predicted molar refractivity (Wildman–Crippen MR) is 107 cm³/mol. The van der Waals surface area contributed by atoms with E-state index in [0.717, 1.165) is 28.2 Å². The van der Waals surface area contributed by atoms with Gasteiger partial charge in [0.2, 0.25) is 0 Å². The van der Waals surface area contributed by atoms with E-state index in [9.17, 15) is 4.39 Å². The molecule has 26 heavy (non-hydrogen) atoms. The van der Waals surface area contributed by atoms with Gasteiger partial charge in [-0.25, -0.2) is 4.39 Å². The molecule has 0 heterocycles. The number of para-hydroxylation sites is 2. The van der Waals surface area contributed by atoms with E-state index in [1.807, 2.05) is 54.6 Å². The molecular weight excluding hydrogens is 321 g/mol. The molecule has 0 aliphatic rings. The smallest absolute Gasteiger partial charge is 0.123 e. The molecule has 4 rings (SSSR count). The maximum atomic E-state index is 13.5. The summed E-state index contributed by atoms with van der Waals surface area (Å²) in [6, 6.07) is 35.4. The van der Waals surface area contributed by atoms with Gasteiger partial charge in [-0.1, -0.05) is 60.7 Å². The van der Waals surface area contributed by atoms with Crippen molar-refractivity contribution in [1.82, 2.24) is 0 Å². The lowest BCUT2D eigenvalue weighted by Gasteiger charge is -2.25. The van der Waals surface area contributed by atoms with Crippen molar-refractivity contribution >= 4 is 17.1 Å². The Kier molecular flexibility index (Phi) is 4.48. The summed E-state index contributed by atoms with van der Waals surface area (Å²) in [6.07, 6.45) is 0. The molecule has 0 amide bonds. The third-order valence-electron chi connectivity index (χ3n) is 4.31. The SMILES string of the molecule is Fc1cccc(-c2ccc(N(c3ccccc3)c3ccccc3)cc2)c1. The van der Waals surface area contributed by atoms with Gasteiger partial charge in [0.25, 0.3) is 0 Å². The van der Waals surface area contributed by atoms with E-state index in [2.05, 4.69) is 41.3 Å². The lowest BCUT2D eigenvalue weighted by atomic mass is 10.0. The molecule has 0 spiro atoms. The first-order valence-corrected chi connectivity index (χ1v) is 8.57. The first kappa shape index (κ1) is 16.1. The van der Waals surface area contributed by atoms with Crippen molar-refractivity contribution in [2.75, 3.05) is 4.90 Å². The van der Waals surface area contributed by atoms with Crippen LogP contribution in [0.4, 0.5) is 21.5 Å². The van der Waals surface area contributed by atoms with E-state index in [0.29, 0.717) is 0 Å². The summed E-state index contributed by atoms with van der Waals surface area (Å²) in [5, 5.41) is 0. The average Bonchev–Trinajstić information content (AvgIpc) is 2.70. The highest BCUT2D eigenvalue weighted by molar-refractivity contribution is 5.78. The van der Waals surface area contributed by atoms with Crippen molar-refractivity contribution in [1.29, 1.82) is 0 Å². The van der Waals surface area contributed by atoms with Gasteiger partial charge in [0.1, 0.15) is 5.82 Å². The van der Waals surface area contributed by atoms with E-state index in [1.165, 1.54) is 6.07 Å². The largest absolute Gasteiger partial charge is 0.311 e. The molecule has 1 nitrogen and oxygen atoms in total. The summed E-state index contributed by atoms with van der Waals surface area (Å²) >= 11 is 0. The van der Waals surface area contributed by atoms with Crippen LogP contribution in [0.1, 0.15) is 0 Å². The van der Waals surface area contributed by atoms with E-state index in [4.69, 9.17) is 0 Å². The van der Waals surface area contributed by atoms with Gasteiger partial charge in [0, 0.05) is 17.1 Å². The molecule has 0 fully saturated rings. The quantitative estimate of drug-likeness (QED) is 0.388. The van der Waals surface area contributed by atoms with Gasteiger partial charge in [0.05, 0.1) is 0 Å². The molecule has 0 unspecified atom stereocenters. The highest BCUT2D eigenvalue weighted by Crippen LogP contribution is 2.35. The molecule has 0 aromatic heterocycles. The molecule has 4 aromatic rings. The Morgan fingerprint density at radius 2 is 1.00 bits per heavy atom. The highest BCUT2D eigenvalue weighted by atomic mass is 19.1. The molecule has 0 radical (unpaired) electrons. The Hall–Kier alpha value is -3.39. The number of hydrogen-bond donors (Lipinski definition) is 0. The lowest BCUT2D eigenvalue weighted by molar-refractivity contribution is 0.628. The fraction of sp³-hybridized carbons (Fsp3) is 0. The number of anilines is 3. The predicted octanol–water partition coefficient (Wildman–Crippen LogP) is 6.96. The van der Waals surface area contributed by atoms with Gasteiger partial charge >= 0.3 is 0 Å². The maximum absolute atomic E-state index is 13.5. The van der Waals surface area contributed by atoms with E-state index in [-0.39, 0.29) is 5.82 Å². The maximum Gasteiger partial charge on any atom is 0.123 e. The zero-order chi connectivity index (χ0) is 17.8. The number of rotatable bonds is 4. The Labute approximate surface area is 153 Å². The molecule has 4 aromatic carbocycles. The first-order valence-electron chi connectivity index (χ1n) is 8.57. The third-order valence-corrected chi connectivity index (χ3v) is 4.31. The molecule has 0 bridgehead atoms. The molecule has 0 atom stereocenters. The number of benzene rings is 4. The van der Waals surface area contributed by atoms with E-state index < -0.39 is 0 Å². The topological polar surface area (TPSA) is 3.24 Å². The molecule has 0 aliphatic heterocycles. The summed E-state index contributed by atoms with van der Waals surface area (Å²) in [4.78, 5) is 2.20. The molecule has 0 saturated carbocycles. The normalized spacial score (nSPS) is 10.5. The van der Waals surface area contributed by atoms with Crippen LogP contribution in [0.2, 0.25) is 0 Å². The monoisotopic (exact) mass is 339 g/mol. The average molecular weight is 339 g/mol. The lowest BCUT2D eigenvalue weighted by Crippen LogP contribution is -2.09. The van der Waals surface area contributed by atoms with Crippen LogP contribution in [0.5, 0.6) is 0 Å². The molecule has 2 heteroatoms. The summed E-state index contributed by atoms with van der Waals surface area (Å²) in [7, 11) is 0. The van der Waals surface area contributed by atoms with Crippen LogP contribution in [0.25, 0.3) is 11.1 Å². The Bertz CT molecular complexity index is 940. The fourth-order valence-corrected chi connectivity index (χ4v) is 3.07. The van der Waals surface area contributed by atoms with Crippen molar-refractivity contribution in [2.45, 2.75) is 0 Å². The van der Waals surface area contributed by atoms with Crippen LogP contribution in [0, 0.1) is 5.82 Å². The highest BCUT2D eigenvalue weighted by Gasteiger charge is 2.11. The van der Waals surface area contributed by atoms with Crippen LogP contribution in [0.15, 0.2) is 109 Å². The molecule has 126 valence electrons. The van der Waals surface area contributed by atoms with Crippen LogP contribution in [-0.4, -0.2) is 0 Å². The van der Waals surface area contributed by atoms with Crippen molar-refractivity contribution in [3.63, 3.8) is 0 Å². The van der Waals surface area contributed by atoms with Gasteiger partial charge in [-0.05, 0) is 59.7 Å². The third kappa shape index (κ3) is 3.35. The standard InChI is InChI=1S/C24H18FN/c25-21-9-7-8-20(18-21)19-14-16-24(17-15-19)26(22-10-3-1-4-11-22)23-12-5-2-6-13-23/h1-18H. The second-order valence-electron chi connectivity index (χ2n) is 6.06. The summed E-state index contributed by atoms with van der Waals surface area (Å²) in [5.74, 6) is -0.221. The van der Waals surface area contributed by atoms with Gasteiger partial charge < -0.3 is 4.90 Å². The van der Waals surface area contributed by atoms with E-state index in [1.54, 1.807) is 12.1 Å². The minimum absolute atomic E-state index is 0.221. The first-order chi connectivity index (χ1) is 12.8. The van der Waals surface area contributed by atoms with Crippen LogP contribution < -0.4 is 4.90 Å².